The van der Waals surface area contributed by atoms with E-state index in [4.69, 9.17) is 4.74 Å². The van der Waals surface area contributed by atoms with Crippen LogP contribution in [-0.4, -0.2) is 45.2 Å². The van der Waals surface area contributed by atoms with E-state index in [0.29, 0.717) is 31.6 Å². The summed E-state index contributed by atoms with van der Waals surface area (Å²) in [5.41, 5.74) is 1.17. The molecule has 1 unspecified atom stereocenters. The van der Waals surface area contributed by atoms with Crippen LogP contribution < -0.4 is 16.0 Å². The lowest BCUT2D eigenvalue weighted by Crippen LogP contribution is -2.44. The van der Waals surface area contributed by atoms with Crippen molar-refractivity contribution in [2.75, 3.05) is 33.3 Å². The number of guanidine groups is 1. The molecule has 134 valence electrons. The van der Waals surface area contributed by atoms with Gasteiger partial charge in [-0.15, -0.1) is 0 Å². The Balaban J connectivity index is 2.16. The van der Waals surface area contributed by atoms with E-state index >= 15 is 0 Å². The van der Waals surface area contributed by atoms with Gasteiger partial charge in [0.15, 0.2) is 5.96 Å². The summed E-state index contributed by atoms with van der Waals surface area (Å²) in [6.45, 7) is 7.06. The predicted molar refractivity (Wildman–Crippen MR) is 97.9 cm³/mol. The Morgan fingerprint density at radius 1 is 1.21 bits per heavy atom. The summed E-state index contributed by atoms with van der Waals surface area (Å²) < 4.78 is 5.73. The van der Waals surface area contributed by atoms with Gasteiger partial charge < -0.3 is 20.7 Å². The highest BCUT2D eigenvalue weighted by Crippen LogP contribution is 2.02. The molecule has 1 rings (SSSR count). The van der Waals surface area contributed by atoms with Crippen molar-refractivity contribution in [2.45, 2.75) is 26.9 Å². The highest BCUT2D eigenvalue weighted by Gasteiger charge is 2.06. The Bertz CT molecular complexity index is 491. The highest BCUT2D eigenvalue weighted by molar-refractivity contribution is 5.86. The minimum absolute atomic E-state index is 0.0287. The van der Waals surface area contributed by atoms with Crippen LogP contribution >= 0.6 is 0 Å². The number of nitrogens with one attached hydrogen (secondary N) is 3. The first-order valence-electron chi connectivity index (χ1n) is 8.48. The molecule has 1 atom stereocenters. The molecule has 6 nitrogen and oxygen atoms in total. The van der Waals surface area contributed by atoms with Crippen molar-refractivity contribution in [1.82, 2.24) is 16.0 Å². The first-order valence-corrected chi connectivity index (χ1v) is 8.48. The van der Waals surface area contributed by atoms with Crippen LogP contribution in [0.15, 0.2) is 35.3 Å². The number of amides is 1. The van der Waals surface area contributed by atoms with Gasteiger partial charge >= 0.3 is 0 Å². The number of carbonyl (C=O) groups excluding carboxylic acids is 1. The molecule has 3 N–H and O–H groups in total. The summed E-state index contributed by atoms with van der Waals surface area (Å²) in [7, 11) is 1.69. The van der Waals surface area contributed by atoms with Crippen LogP contribution in [0.1, 0.15) is 25.8 Å². The molecule has 0 bridgehead atoms. The molecule has 0 aliphatic carbocycles. The maximum absolute atomic E-state index is 11.6. The molecule has 1 aromatic rings. The van der Waals surface area contributed by atoms with Gasteiger partial charge in [-0.2, -0.15) is 0 Å². The minimum atomic E-state index is -0.0287. The smallest absolute Gasteiger partial charge is 0.239 e. The summed E-state index contributed by atoms with van der Waals surface area (Å²) in [5.74, 6) is 0.928. The number of rotatable bonds is 10. The van der Waals surface area contributed by atoms with E-state index in [1.807, 2.05) is 25.1 Å². The summed E-state index contributed by atoms with van der Waals surface area (Å²) in [6.07, 6.45) is 0.930. The van der Waals surface area contributed by atoms with Crippen molar-refractivity contribution < 1.29 is 9.53 Å². The van der Waals surface area contributed by atoms with E-state index in [-0.39, 0.29) is 12.5 Å². The van der Waals surface area contributed by atoms with Gasteiger partial charge in [0.05, 0.1) is 19.8 Å². The van der Waals surface area contributed by atoms with E-state index < -0.39 is 0 Å². The molecule has 0 spiro atoms. The zero-order chi connectivity index (χ0) is 17.6. The fourth-order valence-corrected chi connectivity index (χ4v) is 1.99. The van der Waals surface area contributed by atoms with Gasteiger partial charge in [0.25, 0.3) is 0 Å². The van der Waals surface area contributed by atoms with E-state index in [1.165, 1.54) is 5.56 Å². The van der Waals surface area contributed by atoms with E-state index in [1.54, 1.807) is 7.05 Å². The predicted octanol–water partition coefficient (Wildman–Crippen LogP) is 1.53. The zero-order valence-electron chi connectivity index (χ0n) is 15.0. The highest BCUT2D eigenvalue weighted by atomic mass is 16.5. The molecule has 0 fully saturated rings. The van der Waals surface area contributed by atoms with Gasteiger partial charge in [0, 0.05) is 20.1 Å². The van der Waals surface area contributed by atoms with Crippen LogP contribution in [0.4, 0.5) is 0 Å². The second kappa shape index (κ2) is 12.4. The normalized spacial score (nSPS) is 12.5. The fraction of sp³-hybridized carbons (Fsp3) is 0.556. The van der Waals surface area contributed by atoms with Crippen LogP contribution in [0.5, 0.6) is 0 Å². The zero-order valence-corrected chi connectivity index (χ0v) is 15.0. The quantitative estimate of drug-likeness (QED) is 0.448. The maximum Gasteiger partial charge on any atom is 0.239 e. The molecular weight excluding hydrogens is 304 g/mol. The summed E-state index contributed by atoms with van der Waals surface area (Å²) >= 11 is 0. The largest absolute Gasteiger partial charge is 0.376 e. The maximum atomic E-state index is 11.6. The Morgan fingerprint density at radius 2 is 1.96 bits per heavy atom. The molecule has 0 heterocycles. The fourth-order valence-electron chi connectivity index (χ4n) is 1.99. The van der Waals surface area contributed by atoms with Gasteiger partial charge in [0.1, 0.15) is 0 Å². The van der Waals surface area contributed by atoms with Crippen molar-refractivity contribution in [3.63, 3.8) is 0 Å². The molecule has 0 aliphatic heterocycles. The number of benzene rings is 1. The number of nitrogens with zero attached hydrogens (tertiary/aromatic N) is 1. The Labute approximate surface area is 145 Å². The van der Waals surface area contributed by atoms with Crippen LogP contribution in [0.25, 0.3) is 0 Å². The molecular formula is C18H30N4O2. The van der Waals surface area contributed by atoms with E-state index in [2.05, 4.69) is 40.0 Å². The number of hydrogen-bond acceptors (Lipinski definition) is 3. The van der Waals surface area contributed by atoms with Crippen molar-refractivity contribution in [3.05, 3.63) is 35.9 Å². The van der Waals surface area contributed by atoms with Crippen molar-refractivity contribution in [1.29, 1.82) is 0 Å². The van der Waals surface area contributed by atoms with Gasteiger partial charge in [-0.3, -0.25) is 9.79 Å². The summed E-state index contributed by atoms with van der Waals surface area (Å²) in [4.78, 5) is 15.7. The van der Waals surface area contributed by atoms with Gasteiger partial charge in [-0.25, -0.2) is 0 Å². The molecule has 0 saturated heterocycles. The first-order chi connectivity index (χ1) is 11.7. The number of carbonyl (C=O) groups is 1. The van der Waals surface area contributed by atoms with E-state index in [9.17, 15) is 4.79 Å². The Kier molecular flexibility index (Phi) is 10.3. The minimum Gasteiger partial charge on any atom is -0.376 e. The van der Waals surface area contributed by atoms with Crippen LogP contribution in [-0.2, 0) is 16.1 Å². The van der Waals surface area contributed by atoms with Gasteiger partial charge in [-0.1, -0.05) is 44.2 Å². The molecule has 1 amide bonds. The summed E-state index contributed by atoms with van der Waals surface area (Å²) in [5, 5.41) is 9.03. The first kappa shape index (κ1) is 20.0. The lowest BCUT2D eigenvalue weighted by atomic mass is 10.2. The molecule has 0 aliphatic rings. The lowest BCUT2D eigenvalue weighted by Gasteiger charge is -2.16. The number of hydrogen-bond donors (Lipinski definition) is 3. The topological polar surface area (TPSA) is 74.8 Å². The van der Waals surface area contributed by atoms with Crippen LogP contribution in [0, 0.1) is 5.92 Å². The third-order valence-corrected chi connectivity index (χ3v) is 3.34. The van der Waals surface area contributed by atoms with Crippen molar-refractivity contribution >= 4 is 11.9 Å². The average molecular weight is 334 g/mol. The van der Waals surface area contributed by atoms with Crippen LogP contribution in [0.2, 0.25) is 0 Å². The SMILES string of the molecule is CCCNC(=O)CNC(=NC)NCC(C)COCc1ccccc1. The molecule has 0 radical (unpaired) electrons. The van der Waals surface area contributed by atoms with Crippen molar-refractivity contribution in [3.8, 4) is 0 Å². The molecule has 0 aromatic heterocycles. The average Bonchev–Trinajstić information content (AvgIpc) is 2.61. The second-order valence-electron chi connectivity index (χ2n) is 5.76. The van der Waals surface area contributed by atoms with Gasteiger partial charge in [0.2, 0.25) is 5.91 Å². The Hall–Kier alpha value is -2.08. The standard InChI is InChI=1S/C18H30N4O2/c1-4-10-20-17(23)12-22-18(19-3)21-11-15(2)13-24-14-16-8-6-5-7-9-16/h5-9,15H,4,10-14H2,1-3H3,(H,20,23)(H2,19,21,22). The van der Waals surface area contributed by atoms with Crippen LogP contribution in [0.3, 0.4) is 0 Å². The van der Waals surface area contributed by atoms with Gasteiger partial charge in [-0.05, 0) is 17.9 Å². The molecule has 1 aromatic carbocycles. The molecule has 0 saturated carbocycles. The summed E-state index contributed by atoms with van der Waals surface area (Å²) in [6, 6.07) is 10.1. The van der Waals surface area contributed by atoms with Crippen molar-refractivity contribution in [2.24, 2.45) is 10.9 Å². The lowest BCUT2D eigenvalue weighted by molar-refractivity contribution is -0.120. The van der Waals surface area contributed by atoms with E-state index in [0.717, 1.165) is 13.0 Å². The molecule has 6 heteroatoms. The Morgan fingerprint density at radius 3 is 2.62 bits per heavy atom. The number of ether oxygens (including phenoxy) is 1. The monoisotopic (exact) mass is 334 g/mol. The number of aliphatic imine (C=N–C) groups is 1. The second-order valence-corrected chi connectivity index (χ2v) is 5.76. The third-order valence-electron chi connectivity index (χ3n) is 3.34. The third kappa shape index (κ3) is 9.15. The molecule has 24 heavy (non-hydrogen) atoms.